The fourth-order valence-electron chi connectivity index (χ4n) is 4.53. The van der Waals surface area contributed by atoms with Crippen molar-refractivity contribution in [1.82, 2.24) is 29.7 Å². The second kappa shape index (κ2) is 8.58. The van der Waals surface area contributed by atoms with Crippen molar-refractivity contribution in [2.45, 2.75) is 38.1 Å². The molecule has 0 bridgehead atoms. The van der Waals surface area contributed by atoms with Crippen LogP contribution in [0.25, 0.3) is 22.4 Å². The molecule has 1 fully saturated rings. The Hall–Kier alpha value is -3.46. The molecule has 0 spiro atoms. The van der Waals surface area contributed by atoms with Crippen LogP contribution in [0.5, 0.6) is 5.75 Å². The Kier molecular flexibility index (Phi) is 5.48. The molecule has 0 aliphatic heterocycles. The SMILES string of the molecule is COc1cc2nn(-c3cnc4cccnn34)cc2cc1C(=O)NC1CCC(CCO)CC1. The number of carbonyl (C=O) groups is 1. The molecule has 1 aromatic carbocycles. The van der Waals surface area contributed by atoms with Gasteiger partial charge in [-0.2, -0.15) is 14.7 Å². The van der Waals surface area contributed by atoms with E-state index < -0.39 is 0 Å². The summed E-state index contributed by atoms with van der Waals surface area (Å²) in [7, 11) is 1.56. The number of rotatable bonds is 6. The van der Waals surface area contributed by atoms with E-state index in [0.29, 0.717) is 28.6 Å². The molecule has 0 saturated heterocycles. The van der Waals surface area contributed by atoms with Gasteiger partial charge in [0, 0.05) is 36.5 Å². The maximum atomic E-state index is 13.1. The lowest BCUT2D eigenvalue weighted by Crippen LogP contribution is -2.37. The molecule has 1 aliphatic carbocycles. The van der Waals surface area contributed by atoms with Crippen molar-refractivity contribution in [3.05, 3.63) is 48.4 Å². The topological polar surface area (TPSA) is 107 Å². The third-order valence-corrected chi connectivity index (χ3v) is 6.28. The average Bonchev–Trinajstić information content (AvgIpc) is 3.43. The van der Waals surface area contributed by atoms with Crippen molar-refractivity contribution in [2.75, 3.05) is 13.7 Å². The molecule has 166 valence electrons. The number of aromatic nitrogens is 5. The Balaban J connectivity index is 1.40. The number of nitrogens with one attached hydrogen (secondary N) is 1. The van der Waals surface area contributed by atoms with E-state index in [4.69, 9.17) is 9.84 Å². The summed E-state index contributed by atoms with van der Waals surface area (Å²) in [5.41, 5.74) is 1.94. The van der Waals surface area contributed by atoms with Gasteiger partial charge in [0.1, 0.15) is 5.75 Å². The highest BCUT2D eigenvalue weighted by Gasteiger charge is 2.24. The van der Waals surface area contributed by atoms with Gasteiger partial charge < -0.3 is 15.2 Å². The molecule has 2 N–H and O–H groups in total. The number of hydrogen-bond donors (Lipinski definition) is 2. The van der Waals surface area contributed by atoms with E-state index >= 15 is 0 Å². The minimum Gasteiger partial charge on any atom is -0.496 e. The molecule has 0 radical (unpaired) electrons. The fraction of sp³-hybridized carbons (Fsp3) is 0.391. The van der Waals surface area contributed by atoms with Crippen molar-refractivity contribution in [2.24, 2.45) is 5.92 Å². The number of ether oxygens (including phenoxy) is 1. The summed E-state index contributed by atoms with van der Waals surface area (Å²) >= 11 is 0. The zero-order valence-corrected chi connectivity index (χ0v) is 17.9. The van der Waals surface area contributed by atoms with Crippen molar-refractivity contribution >= 4 is 22.5 Å². The Morgan fingerprint density at radius 3 is 2.91 bits per heavy atom. The van der Waals surface area contributed by atoms with E-state index in [1.165, 1.54) is 0 Å². The monoisotopic (exact) mass is 434 g/mol. The van der Waals surface area contributed by atoms with Crippen LogP contribution in [-0.4, -0.2) is 55.2 Å². The first-order valence-electron chi connectivity index (χ1n) is 10.9. The Labute approximate surface area is 185 Å². The van der Waals surface area contributed by atoms with Gasteiger partial charge in [-0.3, -0.25) is 4.79 Å². The highest BCUT2D eigenvalue weighted by atomic mass is 16.5. The van der Waals surface area contributed by atoms with E-state index in [2.05, 4.69) is 20.5 Å². The number of amides is 1. The maximum absolute atomic E-state index is 13.1. The normalized spacial score (nSPS) is 18.8. The second-order valence-corrected chi connectivity index (χ2v) is 8.30. The van der Waals surface area contributed by atoms with Crippen LogP contribution in [0.4, 0.5) is 0 Å². The van der Waals surface area contributed by atoms with Gasteiger partial charge in [0.2, 0.25) is 0 Å². The third-order valence-electron chi connectivity index (χ3n) is 6.28. The van der Waals surface area contributed by atoms with Gasteiger partial charge in [-0.25, -0.2) is 9.67 Å². The molecule has 9 heteroatoms. The van der Waals surface area contributed by atoms with Crippen LogP contribution in [-0.2, 0) is 0 Å². The van der Waals surface area contributed by atoms with Gasteiger partial charge in [0.25, 0.3) is 5.91 Å². The number of nitrogens with zero attached hydrogens (tertiary/aromatic N) is 5. The molecule has 32 heavy (non-hydrogen) atoms. The van der Waals surface area contributed by atoms with Crippen molar-refractivity contribution in [1.29, 1.82) is 0 Å². The van der Waals surface area contributed by atoms with E-state index in [-0.39, 0.29) is 18.6 Å². The lowest BCUT2D eigenvalue weighted by Gasteiger charge is -2.28. The molecule has 1 saturated carbocycles. The van der Waals surface area contributed by atoms with Crippen LogP contribution in [0.1, 0.15) is 42.5 Å². The minimum absolute atomic E-state index is 0.140. The van der Waals surface area contributed by atoms with Crippen molar-refractivity contribution in [3.8, 4) is 11.6 Å². The van der Waals surface area contributed by atoms with Crippen LogP contribution < -0.4 is 10.1 Å². The zero-order chi connectivity index (χ0) is 22.1. The van der Waals surface area contributed by atoms with Gasteiger partial charge in [-0.05, 0) is 56.2 Å². The van der Waals surface area contributed by atoms with Crippen molar-refractivity contribution < 1.29 is 14.6 Å². The number of imidazole rings is 1. The molecule has 1 aliphatic rings. The van der Waals surface area contributed by atoms with E-state index in [0.717, 1.165) is 43.1 Å². The van der Waals surface area contributed by atoms with Gasteiger partial charge >= 0.3 is 0 Å². The number of benzene rings is 1. The number of aliphatic hydroxyl groups excluding tert-OH is 1. The molecule has 4 aromatic rings. The molecule has 3 aromatic heterocycles. The number of hydrogen-bond acceptors (Lipinski definition) is 6. The number of carbonyl (C=O) groups excluding carboxylic acids is 1. The average molecular weight is 435 g/mol. The Bertz CT molecular complexity index is 1260. The molecule has 0 atom stereocenters. The Morgan fingerprint density at radius 1 is 1.28 bits per heavy atom. The predicted molar refractivity (Wildman–Crippen MR) is 119 cm³/mol. The minimum atomic E-state index is -0.140. The van der Waals surface area contributed by atoms with Gasteiger partial charge in [0.15, 0.2) is 11.5 Å². The van der Waals surface area contributed by atoms with Crippen LogP contribution in [0.2, 0.25) is 0 Å². The first-order valence-corrected chi connectivity index (χ1v) is 10.9. The fourth-order valence-corrected chi connectivity index (χ4v) is 4.53. The number of aliphatic hydroxyl groups is 1. The summed E-state index contributed by atoms with van der Waals surface area (Å²) in [6.45, 7) is 0.234. The Morgan fingerprint density at radius 2 is 2.12 bits per heavy atom. The lowest BCUT2D eigenvalue weighted by atomic mass is 9.84. The molecule has 1 amide bonds. The molecule has 3 heterocycles. The first-order chi connectivity index (χ1) is 15.7. The van der Waals surface area contributed by atoms with Gasteiger partial charge in [-0.15, -0.1) is 0 Å². The molecule has 0 unspecified atom stereocenters. The quantitative estimate of drug-likeness (QED) is 0.483. The summed E-state index contributed by atoms with van der Waals surface area (Å²) in [6.07, 6.45) is 10.0. The smallest absolute Gasteiger partial charge is 0.255 e. The maximum Gasteiger partial charge on any atom is 0.255 e. The van der Waals surface area contributed by atoms with Crippen LogP contribution in [0, 0.1) is 5.92 Å². The summed E-state index contributed by atoms with van der Waals surface area (Å²) in [5, 5.41) is 22.1. The van der Waals surface area contributed by atoms with Crippen molar-refractivity contribution in [3.63, 3.8) is 0 Å². The van der Waals surface area contributed by atoms with Crippen LogP contribution in [0.3, 0.4) is 0 Å². The summed E-state index contributed by atoms with van der Waals surface area (Å²) in [4.78, 5) is 17.4. The highest BCUT2D eigenvalue weighted by molar-refractivity contribution is 6.01. The molecular formula is C23H26N6O3. The van der Waals surface area contributed by atoms with Gasteiger partial charge in [0.05, 0.1) is 24.4 Å². The molecular weight excluding hydrogens is 408 g/mol. The number of methoxy groups -OCH3 is 1. The predicted octanol–water partition coefficient (Wildman–Crippen LogP) is 2.75. The van der Waals surface area contributed by atoms with E-state index in [9.17, 15) is 4.79 Å². The highest BCUT2D eigenvalue weighted by Crippen LogP contribution is 2.29. The van der Waals surface area contributed by atoms with E-state index in [1.54, 1.807) is 34.8 Å². The molecule has 9 nitrogen and oxygen atoms in total. The summed E-state index contributed by atoms with van der Waals surface area (Å²) in [6, 6.07) is 7.46. The third kappa shape index (κ3) is 3.80. The second-order valence-electron chi connectivity index (χ2n) is 8.30. The van der Waals surface area contributed by atoms with E-state index in [1.807, 2.05) is 24.4 Å². The largest absolute Gasteiger partial charge is 0.496 e. The van der Waals surface area contributed by atoms with Crippen LogP contribution >= 0.6 is 0 Å². The first kappa shape index (κ1) is 20.4. The summed E-state index contributed by atoms with van der Waals surface area (Å²) < 4.78 is 8.94. The number of fused-ring (bicyclic) bond motifs is 2. The molecule has 5 rings (SSSR count). The standard InChI is InChI=1S/C23H26N6O3/c1-32-20-12-19-16(14-28(27-19)22-13-24-21-3-2-9-25-29(21)22)11-18(20)23(31)26-17-6-4-15(5-7-17)8-10-30/h2-3,9,11-15,17,30H,4-8,10H2,1H3,(H,26,31). The zero-order valence-electron chi connectivity index (χ0n) is 17.9. The van der Waals surface area contributed by atoms with Gasteiger partial charge in [-0.1, -0.05) is 0 Å². The summed E-state index contributed by atoms with van der Waals surface area (Å²) in [5.74, 6) is 1.62. The lowest BCUT2D eigenvalue weighted by molar-refractivity contribution is 0.0916. The van der Waals surface area contributed by atoms with Crippen LogP contribution in [0.15, 0.2) is 42.9 Å².